The van der Waals surface area contributed by atoms with Crippen molar-refractivity contribution in [3.05, 3.63) is 118 Å². The fourth-order valence-electron chi connectivity index (χ4n) is 8.54. The maximum atomic E-state index is 13.6. The molecular formula is C58H60N2O16S2. The molecule has 0 radical (unpaired) electrons. The number of unbranched alkanes of at least 4 members (excludes halogenated alkanes) is 2. The van der Waals surface area contributed by atoms with Crippen molar-refractivity contribution in [2.24, 2.45) is 23.7 Å². The van der Waals surface area contributed by atoms with E-state index in [-0.39, 0.29) is 68.4 Å². The molecule has 2 saturated carbocycles. The van der Waals surface area contributed by atoms with Crippen LogP contribution in [0.15, 0.2) is 106 Å². The van der Waals surface area contributed by atoms with Crippen LogP contribution in [0.5, 0.6) is 23.0 Å². The lowest BCUT2D eigenvalue weighted by Gasteiger charge is -2.26. The molecule has 2 aliphatic carbocycles. The minimum atomic E-state index is -0.517. The number of fused-ring (bicyclic) bond motifs is 1. The van der Waals surface area contributed by atoms with Crippen LogP contribution in [-0.2, 0) is 70.1 Å². The van der Waals surface area contributed by atoms with Gasteiger partial charge in [-0.3, -0.25) is 28.8 Å². The second-order valence-electron chi connectivity index (χ2n) is 18.5. The molecule has 410 valence electrons. The van der Waals surface area contributed by atoms with Gasteiger partial charge in [0.25, 0.3) is 5.70 Å². The third-order valence-electron chi connectivity index (χ3n) is 13.0. The van der Waals surface area contributed by atoms with Gasteiger partial charge in [-0.1, -0.05) is 60.9 Å². The highest BCUT2D eigenvalue weighted by Gasteiger charge is 2.37. The zero-order valence-corrected chi connectivity index (χ0v) is 44.7. The molecule has 0 unspecified atom stereocenters. The molecule has 3 aromatic rings. The van der Waals surface area contributed by atoms with Gasteiger partial charge in [-0.25, -0.2) is 19.7 Å². The van der Waals surface area contributed by atoms with Crippen LogP contribution < -0.4 is 18.9 Å². The summed E-state index contributed by atoms with van der Waals surface area (Å²) in [4.78, 5) is 104. The maximum absolute atomic E-state index is 13.6. The standard InChI is InChI=1S/C58H60N2O16S2/c1-4-48(61)69-32-6-8-34-71-50(63)30-14-37-10-24-43(25-11-37)73-54(65)39-16-20-41(21-17-39)56(67)75-46-28-29-47(53-52(46)77-58(78-53)45(36-59)60-3)76-57(68)42-22-18-40(19-23-42)55(66)74-44-26-12-38(13-27-44)15-31-51(64)72-35-9-7-33-70-49(62)5-2/h4-5,10-13,24-29,39-42H,1-2,6-9,14-23,30-35H2. The van der Waals surface area contributed by atoms with E-state index in [0.29, 0.717) is 115 Å². The van der Waals surface area contributed by atoms with Gasteiger partial charge >= 0.3 is 47.8 Å². The van der Waals surface area contributed by atoms with E-state index in [0.717, 1.165) is 46.8 Å². The van der Waals surface area contributed by atoms with Crippen molar-refractivity contribution in [2.75, 3.05) is 26.4 Å². The number of nitrogens with zero attached hydrogens (tertiary/aromatic N) is 2. The first-order chi connectivity index (χ1) is 37.8. The minimum Gasteiger partial charge on any atom is -0.466 e. The number of aryl methyl sites for hydroxylation is 2. The Morgan fingerprint density at radius 2 is 0.859 bits per heavy atom. The van der Waals surface area contributed by atoms with Gasteiger partial charge in [-0.2, -0.15) is 0 Å². The lowest BCUT2D eigenvalue weighted by atomic mass is 9.82. The number of esters is 8. The summed E-state index contributed by atoms with van der Waals surface area (Å²) in [6, 6.07) is 18.7. The third kappa shape index (κ3) is 18.5. The van der Waals surface area contributed by atoms with Gasteiger partial charge in [0, 0.05) is 25.0 Å². The average molecular weight is 1110 g/mol. The molecule has 0 saturated heterocycles. The Balaban J connectivity index is 0.922. The summed E-state index contributed by atoms with van der Waals surface area (Å²) >= 11 is 2.15. The van der Waals surface area contributed by atoms with E-state index < -0.39 is 59.5 Å². The molecule has 1 aliphatic heterocycles. The SMILES string of the molecule is [C-]#[N+]C(C#N)=C1Sc2c(OC(=O)C3CCC(C(=O)Oc4ccc(CCC(=O)OCCCCOC(=O)C=C)cc4)CC3)ccc(OC(=O)C3CCC(C(=O)Oc4ccc(CCC(=O)OCCCCOC(=O)C=C)cc4)CC3)c2S1. The van der Waals surface area contributed by atoms with E-state index in [1.165, 1.54) is 12.1 Å². The van der Waals surface area contributed by atoms with Crippen LogP contribution in [0.1, 0.15) is 101 Å². The Morgan fingerprint density at radius 3 is 1.18 bits per heavy atom. The molecular weight excluding hydrogens is 1040 g/mol. The Kier molecular flexibility index (Phi) is 23.6. The number of hydrogen-bond donors (Lipinski definition) is 0. The molecule has 1 heterocycles. The van der Waals surface area contributed by atoms with Crippen LogP contribution in [0, 0.1) is 41.6 Å². The summed E-state index contributed by atoms with van der Waals surface area (Å²) in [6.45, 7) is 15.1. The summed E-state index contributed by atoms with van der Waals surface area (Å²) in [5.41, 5.74) is 1.55. The van der Waals surface area contributed by atoms with Crippen LogP contribution in [0.4, 0.5) is 0 Å². The fourth-order valence-corrected chi connectivity index (χ4v) is 11.0. The summed E-state index contributed by atoms with van der Waals surface area (Å²) in [5, 5.41) is 9.69. The lowest BCUT2D eigenvalue weighted by molar-refractivity contribution is -0.145. The molecule has 2 fully saturated rings. The van der Waals surface area contributed by atoms with Crippen LogP contribution in [0.3, 0.4) is 0 Å². The summed E-state index contributed by atoms with van der Waals surface area (Å²) in [7, 11) is 0. The molecule has 3 aliphatic rings. The summed E-state index contributed by atoms with van der Waals surface area (Å²) in [6.07, 6.45) is 8.65. The number of allylic oxidation sites excluding steroid dienone is 1. The summed E-state index contributed by atoms with van der Waals surface area (Å²) in [5.74, 6) is -4.39. The minimum absolute atomic E-state index is 0.167. The number of thioether (sulfide) groups is 2. The molecule has 0 amide bonds. The molecule has 20 heteroatoms. The molecule has 6 rings (SSSR count). The number of carbonyl (C=O) groups is 8. The van der Waals surface area contributed by atoms with Crippen molar-refractivity contribution in [1.29, 1.82) is 5.26 Å². The Hall–Kier alpha value is -7.68. The monoisotopic (exact) mass is 1100 g/mol. The zero-order valence-electron chi connectivity index (χ0n) is 43.0. The Bertz CT molecular complexity index is 2610. The summed E-state index contributed by atoms with van der Waals surface area (Å²) < 4.78 is 43.8. The lowest BCUT2D eigenvalue weighted by Crippen LogP contribution is -2.30. The molecule has 78 heavy (non-hydrogen) atoms. The Labute approximate surface area is 460 Å². The highest BCUT2D eigenvalue weighted by atomic mass is 32.2. The van der Waals surface area contributed by atoms with E-state index in [9.17, 15) is 43.6 Å². The van der Waals surface area contributed by atoms with E-state index in [2.05, 4.69) is 18.0 Å². The molecule has 0 aromatic heterocycles. The van der Waals surface area contributed by atoms with Crippen molar-refractivity contribution >= 4 is 71.3 Å². The molecule has 0 bridgehead atoms. The van der Waals surface area contributed by atoms with Crippen LogP contribution in [0.25, 0.3) is 4.85 Å². The first-order valence-corrected chi connectivity index (χ1v) is 27.4. The van der Waals surface area contributed by atoms with Crippen LogP contribution in [0.2, 0.25) is 0 Å². The Morgan fingerprint density at radius 1 is 0.526 bits per heavy atom. The van der Waals surface area contributed by atoms with Gasteiger partial charge in [0.2, 0.25) is 0 Å². The van der Waals surface area contributed by atoms with Gasteiger partial charge in [-0.05, 0) is 137 Å². The largest absolute Gasteiger partial charge is 0.466 e. The second kappa shape index (κ2) is 30.9. The van der Waals surface area contributed by atoms with Gasteiger partial charge in [0.05, 0.1) is 76.8 Å². The first-order valence-electron chi connectivity index (χ1n) is 25.8. The number of benzene rings is 3. The van der Waals surface area contributed by atoms with Crippen LogP contribution >= 0.6 is 23.5 Å². The molecule has 3 aromatic carbocycles. The van der Waals surface area contributed by atoms with E-state index in [4.69, 9.17) is 44.5 Å². The fraction of sp³-hybridized carbons (Fsp3) is 0.414. The van der Waals surface area contributed by atoms with Crippen molar-refractivity contribution in [1.82, 2.24) is 0 Å². The van der Waals surface area contributed by atoms with Crippen molar-refractivity contribution in [2.45, 2.75) is 113 Å². The normalized spacial score (nSPS) is 17.3. The van der Waals surface area contributed by atoms with Crippen LogP contribution in [-0.4, -0.2) is 74.2 Å². The van der Waals surface area contributed by atoms with Crippen molar-refractivity contribution < 1.29 is 76.3 Å². The predicted molar refractivity (Wildman–Crippen MR) is 283 cm³/mol. The predicted octanol–water partition coefficient (Wildman–Crippen LogP) is 10.1. The smallest absolute Gasteiger partial charge is 0.330 e. The van der Waals surface area contributed by atoms with E-state index in [1.807, 2.05) is 6.07 Å². The van der Waals surface area contributed by atoms with Gasteiger partial charge in [-0.15, -0.1) is 0 Å². The maximum Gasteiger partial charge on any atom is 0.330 e. The highest BCUT2D eigenvalue weighted by Crippen LogP contribution is 2.59. The van der Waals surface area contributed by atoms with Gasteiger partial charge in [0.15, 0.2) is 0 Å². The average Bonchev–Trinajstić information content (AvgIpc) is 3.94. The molecule has 0 spiro atoms. The molecule has 18 nitrogen and oxygen atoms in total. The molecule has 0 atom stereocenters. The zero-order chi connectivity index (χ0) is 55.8. The van der Waals surface area contributed by atoms with Crippen molar-refractivity contribution in [3.63, 3.8) is 0 Å². The number of rotatable bonds is 26. The number of hydrogen-bond acceptors (Lipinski definition) is 19. The van der Waals surface area contributed by atoms with Crippen molar-refractivity contribution in [3.8, 4) is 29.1 Å². The van der Waals surface area contributed by atoms with E-state index >= 15 is 0 Å². The number of nitriles is 1. The third-order valence-corrected chi connectivity index (χ3v) is 15.6. The number of ether oxygens (including phenoxy) is 8. The van der Waals surface area contributed by atoms with E-state index in [1.54, 1.807) is 48.5 Å². The van der Waals surface area contributed by atoms with Gasteiger partial charge in [0.1, 0.15) is 23.0 Å². The topological polar surface area (TPSA) is 239 Å². The molecule has 0 N–H and O–H groups in total. The quantitative estimate of drug-likeness (QED) is 0.0138. The second-order valence-corrected chi connectivity index (χ2v) is 20.8. The highest BCUT2D eigenvalue weighted by molar-refractivity contribution is 8.24. The van der Waals surface area contributed by atoms with Gasteiger partial charge < -0.3 is 37.9 Å². The first kappa shape index (κ1) is 59.6. The number of carbonyl (C=O) groups excluding carboxylic acids is 8.